The molecule has 1 aromatic carbocycles. The number of aryl methyl sites for hydroxylation is 1. The standard InChI is InChI=1S/C14H14N6O/c21-14(17-6-2-5-12-18-9-19-20-12)10-3-1-4-11-13(10)16-8-7-15-11/h1,3-4,7-9H,2,5-6H2,(H,17,21)(H,18,19,20). The summed E-state index contributed by atoms with van der Waals surface area (Å²) in [4.78, 5) is 24.7. The number of aromatic amines is 1. The Morgan fingerprint density at radius 2 is 2.10 bits per heavy atom. The fourth-order valence-corrected chi connectivity index (χ4v) is 2.08. The Bertz CT molecular complexity index is 735. The molecule has 2 N–H and O–H groups in total. The van der Waals surface area contributed by atoms with E-state index in [0.29, 0.717) is 23.1 Å². The number of carbonyl (C=O) groups excluding carboxylic acids is 1. The molecule has 0 saturated heterocycles. The van der Waals surface area contributed by atoms with Gasteiger partial charge >= 0.3 is 0 Å². The molecular formula is C14H14N6O. The van der Waals surface area contributed by atoms with Crippen LogP contribution in [0.15, 0.2) is 36.9 Å². The largest absolute Gasteiger partial charge is 0.352 e. The fourth-order valence-electron chi connectivity index (χ4n) is 2.08. The topological polar surface area (TPSA) is 96.5 Å². The number of amides is 1. The number of nitrogens with one attached hydrogen (secondary N) is 2. The predicted molar refractivity (Wildman–Crippen MR) is 76.6 cm³/mol. The van der Waals surface area contributed by atoms with Crippen LogP contribution in [0.5, 0.6) is 0 Å². The van der Waals surface area contributed by atoms with Crippen molar-refractivity contribution in [1.82, 2.24) is 30.5 Å². The van der Waals surface area contributed by atoms with Crippen molar-refractivity contribution in [2.45, 2.75) is 12.8 Å². The van der Waals surface area contributed by atoms with Gasteiger partial charge in [-0.1, -0.05) is 6.07 Å². The SMILES string of the molecule is O=C(NCCCc1ncn[nH]1)c1cccc2nccnc12. The van der Waals surface area contributed by atoms with E-state index >= 15 is 0 Å². The average molecular weight is 282 g/mol. The lowest BCUT2D eigenvalue weighted by Gasteiger charge is -2.06. The van der Waals surface area contributed by atoms with Gasteiger partial charge in [0.2, 0.25) is 0 Å². The molecule has 7 nitrogen and oxygen atoms in total. The first kappa shape index (κ1) is 13.2. The third-order valence-electron chi connectivity index (χ3n) is 3.08. The van der Waals surface area contributed by atoms with Crippen LogP contribution in [0.25, 0.3) is 11.0 Å². The number of fused-ring (bicyclic) bond motifs is 1. The van der Waals surface area contributed by atoms with E-state index in [1.165, 1.54) is 6.33 Å². The summed E-state index contributed by atoms with van der Waals surface area (Å²) in [7, 11) is 0. The maximum atomic E-state index is 12.2. The molecule has 0 aliphatic rings. The van der Waals surface area contributed by atoms with E-state index in [1.54, 1.807) is 24.5 Å². The Morgan fingerprint density at radius 1 is 1.19 bits per heavy atom. The molecule has 0 spiro atoms. The summed E-state index contributed by atoms with van der Waals surface area (Å²) in [6.07, 6.45) is 6.21. The minimum Gasteiger partial charge on any atom is -0.352 e. The quantitative estimate of drug-likeness (QED) is 0.683. The van der Waals surface area contributed by atoms with Crippen LogP contribution < -0.4 is 5.32 Å². The van der Waals surface area contributed by atoms with Crippen LogP contribution in [-0.4, -0.2) is 37.6 Å². The van der Waals surface area contributed by atoms with Gasteiger partial charge in [0.15, 0.2) is 0 Å². The molecule has 0 bridgehead atoms. The van der Waals surface area contributed by atoms with Crippen molar-refractivity contribution in [3.05, 3.63) is 48.3 Å². The van der Waals surface area contributed by atoms with Crippen LogP contribution in [0.1, 0.15) is 22.6 Å². The van der Waals surface area contributed by atoms with Gasteiger partial charge in [-0.3, -0.25) is 19.9 Å². The highest BCUT2D eigenvalue weighted by Crippen LogP contribution is 2.13. The average Bonchev–Trinajstić information content (AvgIpc) is 3.04. The first-order valence-corrected chi connectivity index (χ1v) is 6.67. The first-order chi connectivity index (χ1) is 10.3. The van der Waals surface area contributed by atoms with Gasteiger partial charge < -0.3 is 5.32 Å². The van der Waals surface area contributed by atoms with Crippen LogP contribution >= 0.6 is 0 Å². The summed E-state index contributed by atoms with van der Waals surface area (Å²) in [6, 6.07) is 5.40. The summed E-state index contributed by atoms with van der Waals surface area (Å²) < 4.78 is 0. The maximum Gasteiger partial charge on any atom is 0.253 e. The molecule has 0 atom stereocenters. The Balaban J connectivity index is 1.62. The normalized spacial score (nSPS) is 10.7. The van der Waals surface area contributed by atoms with Crippen LogP contribution in [0.4, 0.5) is 0 Å². The number of hydrogen-bond donors (Lipinski definition) is 2. The Hall–Kier alpha value is -2.83. The van der Waals surface area contributed by atoms with Crippen molar-refractivity contribution < 1.29 is 4.79 Å². The molecule has 0 fully saturated rings. The minimum atomic E-state index is -0.140. The summed E-state index contributed by atoms with van der Waals surface area (Å²) in [5, 5.41) is 9.45. The predicted octanol–water partition coefficient (Wildman–Crippen LogP) is 1.11. The van der Waals surface area contributed by atoms with E-state index in [9.17, 15) is 4.79 Å². The first-order valence-electron chi connectivity index (χ1n) is 6.67. The third kappa shape index (κ3) is 3.02. The molecule has 3 rings (SSSR count). The van der Waals surface area contributed by atoms with Crippen molar-refractivity contribution in [1.29, 1.82) is 0 Å². The molecule has 2 aromatic heterocycles. The Morgan fingerprint density at radius 3 is 2.95 bits per heavy atom. The van der Waals surface area contributed by atoms with Crippen molar-refractivity contribution >= 4 is 16.9 Å². The molecular weight excluding hydrogens is 268 g/mol. The summed E-state index contributed by atoms with van der Waals surface area (Å²) in [5.41, 5.74) is 1.87. The van der Waals surface area contributed by atoms with Crippen LogP contribution in [-0.2, 0) is 6.42 Å². The van der Waals surface area contributed by atoms with Gasteiger partial charge in [-0.25, -0.2) is 4.98 Å². The maximum absolute atomic E-state index is 12.2. The van der Waals surface area contributed by atoms with Gasteiger partial charge in [-0.05, 0) is 18.6 Å². The molecule has 0 radical (unpaired) electrons. The lowest BCUT2D eigenvalue weighted by atomic mass is 10.1. The monoisotopic (exact) mass is 282 g/mol. The van der Waals surface area contributed by atoms with E-state index in [2.05, 4.69) is 30.5 Å². The highest BCUT2D eigenvalue weighted by Gasteiger charge is 2.10. The molecule has 7 heteroatoms. The summed E-state index contributed by atoms with van der Waals surface area (Å²) in [6.45, 7) is 0.566. The molecule has 0 aliphatic heterocycles. The van der Waals surface area contributed by atoms with E-state index in [0.717, 1.165) is 18.7 Å². The van der Waals surface area contributed by atoms with Gasteiger partial charge in [-0.2, -0.15) is 5.10 Å². The molecule has 0 unspecified atom stereocenters. The molecule has 21 heavy (non-hydrogen) atoms. The van der Waals surface area contributed by atoms with Gasteiger partial charge in [0.05, 0.1) is 11.1 Å². The van der Waals surface area contributed by atoms with Gasteiger partial charge in [0.25, 0.3) is 5.91 Å². The van der Waals surface area contributed by atoms with Crippen molar-refractivity contribution in [3.63, 3.8) is 0 Å². The lowest BCUT2D eigenvalue weighted by Crippen LogP contribution is -2.25. The van der Waals surface area contributed by atoms with Gasteiger partial charge in [-0.15, -0.1) is 0 Å². The second kappa shape index (κ2) is 6.08. The second-order valence-electron chi connectivity index (χ2n) is 4.52. The van der Waals surface area contributed by atoms with Gasteiger partial charge in [0.1, 0.15) is 17.7 Å². The lowest BCUT2D eigenvalue weighted by molar-refractivity contribution is 0.0954. The van der Waals surface area contributed by atoms with Crippen molar-refractivity contribution in [2.75, 3.05) is 6.54 Å². The van der Waals surface area contributed by atoms with Crippen LogP contribution in [0, 0.1) is 0 Å². The Kier molecular flexibility index (Phi) is 3.81. The number of para-hydroxylation sites is 1. The molecule has 0 aliphatic carbocycles. The van der Waals surface area contributed by atoms with Crippen LogP contribution in [0.3, 0.4) is 0 Å². The van der Waals surface area contributed by atoms with E-state index in [1.807, 2.05) is 6.07 Å². The molecule has 1 amide bonds. The summed E-state index contributed by atoms with van der Waals surface area (Å²) in [5.74, 6) is 0.680. The summed E-state index contributed by atoms with van der Waals surface area (Å²) >= 11 is 0. The highest BCUT2D eigenvalue weighted by atomic mass is 16.1. The zero-order valence-corrected chi connectivity index (χ0v) is 11.3. The van der Waals surface area contributed by atoms with Crippen LogP contribution in [0.2, 0.25) is 0 Å². The zero-order valence-electron chi connectivity index (χ0n) is 11.3. The minimum absolute atomic E-state index is 0.140. The smallest absolute Gasteiger partial charge is 0.253 e. The highest BCUT2D eigenvalue weighted by molar-refractivity contribution is 6.04. The number of aromatic nitrogens is 5. The Labute approximate surface area is 120 Å². The number of rotatable bonds is 5. The molecule has 0 saturated carbocycles. The fraction of sp³-hybridized carbons (Fsp3) is 0.214. The van der Waals surface area contributed by atoms with Crippen molar-refractivity contribution in [3.8, 4) is 0 Å². The third-order valence-corrected chi connectivity index (χ3v) is 3.08. The molecule has 106 valence electrons. The number of hydrogen-bond acceptors (Lipinski definition) is 5. The number of H-pyrrole nitrogens is 1. The van der Waals surface area contributed by atoms with Gasteiger partial charge in [0, 0.05) is 25.4 Å². The molecule has 3 aromatic rings. The number of benzene rings is 1. The number of carbonyl (C=O) groups is 1. The van der Waals surface area contributed by atoms with E-state index in [-0.39, 0.29) is 5.91 Å². The van der Waals surface area contributed by atoms with E-state index < -0.39 is 0 Å². The van der Waals surface area contributed by atoms with Crippen molar-refractivity contribution in [2.24, 2.45) is 0 Å². The number of nitrogens with zero attached hydrogens (tertiary/aromatic N) is 4. The zero-order chi connectivity index (χ0) is 14.5. The molecule has 2 heterocycles. The van der Waals surface area contributed by atoms with E-state index in [4.69, 9.17) is 0 Å². The second-order valence-corrected chi connectivity index (χ2v) is 4.52.